The van der Waals surface area contributed by atoms with Crippen LogP contribution in [0.2, 0.25) is 0 Å². The number of nitrogens with zero attached hydrogens (tertiary/aromatic N) is 3. The summed E-state index contributed by atoms with van der Waals surface area (Å²) in [6.07, 6.45) is 2.69. The van der Waals surface area contributed by atoms with E-state index < -0.39 is 0 Å². The van der Waals surface area contributed by atoms with Gasteiger partial charge in [0.1, 0.15) is 4.32 Å². The molecule has 1 aromatic carbocycles. The van der Waals surface area contributed by atoms with E-state index in [0.29, 0.717) is 40.1 Å². The van der Waals surface area contributed by atoms with Crippen molar-refractivity contribution >= 4 is 46.2 Å². The molecule has 2 amide bonds. The molecule has 2 aliphatic heterocycles. The molecule has 0 aliphatic carbocycles. The molecule has 3 rings (SSSR count). The molecule has 1 N–H and O–H groups in total. The monoisotopic (exact) mass is 464 g/mol. The smallest absolute Gasteiger partial charge is 0.266 e. The van der Waals surface area contributed by atoms with Crippen LogP contribution >= 0.6 is 24.0 Å². The number of likely N-dealkylation sites (N-methyl/N-ethyl adjacent to an activating group) is 1. The molecule has 0 bridgehead atoms. The second-order valence-corrected chi connectivity index (χ2v) is 9.05. The van der Waals surface area contributed by atoms with Crippen LogP contribution in [0.4, 0.5) is 0 Å². The fourth-order valence-electron chi connectivity index (χ4n) is 3.33. The van der Waals surface area contributed by atoms with Crippen LogP contribution in [0.15, 0.2) is 23.1 Å². The number of nitrogens with one attached hydrogen (secondary N) is 1. The summed E-state index contributed by atoms with van der Waals surface area (Å²) in [6, 6.07) is 5.47. The minimum absolute atomic E-state index is 0.0316. The molecule has 0 unspecified atom stereocenters. The maximum absolute atomic E-state index is 12.8. The van der Waals surface area contributed by atoms with Gasteiger partial charge in [-0.1, -0.05) is 30.0 Å². The lowest BCUT2D eigenvalue weighted by Gasteiger charge is -2.32. The largest absolute Gasteiger partial charge is 0.493 e. The summed E-state index contributed by atoms with van der Waals surface area (Å²) >= 11 is 6.66. The molecule has 0 atom stereocenters. The topological polar surface area (TPSA) is 74.4 Å². The number of amides is 2. The van der Waals surface area contributed by atoms with Crippen LogP contribution in [0.1, 0.15) is 18.4 Å². The first kappa shape index (κ1) is 23.5. The molecule has 2 saturated heterocycles. The summed E-state index contributed by atoms with van der Waals surface area (Å²) < 4.78 is 11.1. The van der Waals surface area contributed by atoms with Crippen molar-refractivity contribution in [2.75, 3.05) is 54.0 Å². The Kier molecular flexibility index (Phi) is 8.30. The molecule has 2 fully saturated rings. The molecule has 0 spiro atoms. The number of carbonyl (C=O) groups excluding carboxylic acids is 2. The van der Waals surface area contributed by atoms with Crippen LogP contribution in [0.25, 0.3) is 6.08 Å². The van der Waals surface area contributed by atoms with E-state index in [-0.39, 0.29) is 11.8 Å². The summed E-state index contributed by atoms with van der Waals surface area (Å²) in [6.45, 7) is 3.92. The van der Waals surface area contributed by atoms with E-state index >= 15 is 0 Å². The Bertz CT molecular complexity index is 869. The molecule has 1 aromatic rings. The Hall–Kier alpha value is -2.14. The molecule has 10 heteroatoms. The van der Waals surface area contributed by atoms with Crippen molar-refractivity contribution in [2.24, 2.45) is 0 Å². The van der Waals surface area contributed by atoms with Crippen molar-refractivity contribution in [3.8, 4) is 11.5 Å². The first-order valence-electron chi connectivity index (χ1n) is 10.1. The number of thioether (sulfide) groups is 1. The van der Waals surface area contributed by atoms with Gasteiger partial charge in [-0.15, -0.1) is 0 Å². The van der Waals surface area contributed by atoms with E-state index in [9.17, 15) is 9.59 Å². The predicted molar refractivity (Wildman–Crippen MR) is 126 cm³/mol. The lowest BCUT2D eigenvalue weighted by atomic mass is 10.2. The number of hydrogen-bond acceptors (Lipinski definition) is 8. The molecule has 0 aromatic heterocycles. The average molecular weight is 465 g/mol. The molecule has 2 heterocycles. The van der Waals surface area contributed by atoms with E-state index in [1.807, 2.05) is 17.1 Å². The Morgan fingerprint density at radius 1 is 1.19 bits per heavy atom. The number of piperazine rings is 1. The van der Waals surface area contributed by atoms with Crippen molar-refractivity contribution in [3.63, 3.8) is 0 Å². The number of ether oxygens (including phenoxy) is 2. The highest BCUT2D eigenvalue weighted by molar-refractivity contribution is 8.26. The lowest BCUT2D eigenvalue weighted by molar-refractivity contribution is -0.127. The highest BCUT2D eigenvalue weighted by atomic mass is 32.2. The molecule has 31 heavy (non-hydrogen) atoms. The van der Waals surface area contributed by atoms with Crippen molar-refractivity contribution in [3.05, 3.63) is 28.7 Å². The zero-order valence-corrected chi connectivity index (χ0v) is 19.7. The van der Waals surface area contributed by atoms with Crippen LogP contribution in [-0.2, 0) is 9.59 Å². The standard InChI is InChI=1S/C21H28N4O4S2/c1-23-9-11-24(12-10-23)22-19(26)5-4-8-25-20(27)18(31-21(25)30)14-15-6-7-16(28-2)17(13-15)29-3/h6-7,13-14H,4-5,8-12H2,1-3H3,(H,22,26). The van der Waals surface area contributed by atoms with Gasteiger partial charge >= 0.3 is 0 Å². The van der Waals surface area contributed by atoms with Gasteiger partial charge < -0.3 is 14.4 Å². The van der Waals surface area contributed by atoms with Gasteiger partial charge in [0.25, 0.3) is 5.91 Å². The number of hydrazine groups is 1. The Morgan fingerprint density at radius 3 is 2.58 bits per heavy atom. The van der Waals surface area contributed by atoms with Crippen molar-refractivity contribution < 1.29 is 19.1 Å². The molecular weight excluding hydrogens is 436 g/mol. The maximum atomic E-state index is 12.8. The number of thiocarbonyl (C=S) groups is 1. The van der Waals surface area contributed by atoms with E-state index in [0.717, 1.165) is 31.7 Å². The van der Waals surface area contributed by atoms with E-state index in [2.05, 4.69) is 17.4 Å². The SMILES string of the molecule is COc1ccc(C=C2SC(=S)N(CCCC(=O)NN3CCN(C)CC3)C2=O)cc1OC. The minimum Gasteiger partial charge on any atom is -0.493 e. The van der Waals surface area contributed by atoms with E-state index in [1.54, 1.807) is 31.3 Å². The van der Waals surface area contributed by atoms with Crippen LogP contribution < -0.4 is 14.9 Å². The quantitative estimate of drug-likeness (QED) is 0.462. The molecule has 2 aliphatic rings. The lowest BCUT2D eigenvalue weighted by Crippen LogP contribution is -2.52. The Morgan fingerprint density at radius 2 is 1.90 bits per heavy atom. The van der Waals surface area contributed by atoms with Gasteiger partial charge in [-0.25, -0.2) is 5.01 Å². The van der Waals surface area contributed by atoms with E-state index in [4.69, 9.17) is 21.7 Å². The van der Waals surface area contributed by atoms with Gasteiger partial charge in [0.2, 0.25) is 5.91 Å². The van der Waals surface area contributed by atoms with Gasteiger partial charge in [-0.2, -0.15) is 0 Å². The Labute approximate surface area is 192 Å². The number of hydrogen-bond donors (Lipinski definition) is 1. The van der Waals surface area contributed by atoms with Gasteiger partial charge in [-0.05, 0) is 37.2 Å². The summed E-state index contributed by atoms with van der Waals surface area (Å²) in [4.78, 5) is 29.4. The number of rotatable bonds is 8. The third kappa shape index (κ3) is 6.19. The van der Waals surface area contributed by atoms with E-state index in [1.165, 1.54) is 11.8 Å². The average Bonchev–Trinajstić information content (AvgIpc) is 3.02. The van der Waals surface area contributed by atoms with Gasteiger partial charge in [-0.3, -0.25) is 19.9 Å². The summed E-state index contributed by atoms with van der Waals surface area (Å²) in [5.41, 5.74) is 3.77. The zero-order chi connectivity index (χ0) is 22.4. The zero-order valence-electron chi connectivity index (χ0n) is 18.1. The van der Waals surface area contributed by atoms with Crippen molar-refractivity contribution in [2.45, 2.75) is 12.8 Å². The third-order valence-corrected chi connectivity index (χ3v) is 6.53. The second-order valence-electron chi connectivity index (χ2n) is 7.38. The number of methoxy groups -OCH3 is 2. The van der Waals surface area contributed by atoms with Crippen LogP contribution in [0.5, 0.6) is 11.5 Å². The fraction of sp³-hybridized carbons (Fsp3) is 0.476. The van der Waals surface area contributed by atoms with Gasteiger partial charge in [0.05, 0.1) is 19.1 Å². The van der Waals surface area contributed by atoms with Crippen LogP contribution in [-0.4, -0.2) is 84.9 Å². The third-order valence-electron chi connectivity index (χ3n) is 5.15. The normalized spacial score (nSPS) is 19.2. The van der Waals surface area contributed by atoms with Crippen molar-refractivity contribution in [1.29, 1.82) is 0 Å². The highest BCUT2D eigenvalue weighted by Crippen LogP contribution is 2.34. The molecular formula is C21H28N4O4S2. The fourth-order valence-corrected chi connectivity index (χ4v) is 4.64. The second kappa shape index (κ2) is 10.9. The molecule has 168 valence electrons. The predicted octanol–water partition coefficient (Wildman–Crippen LogP) is 1.96. The van der Waals surface area contributed by atoms with Crippen molar-refractivity contribution in [1.82, 2.24) is 20.2 Å². The molecule has 8 nitrogen and oxygen atoms in total. The first-order valence-corrected chi connectivity index (χ1v) is 11.3. The summed E-state index contributed by atoms with van der Waals surface area (Å²) in [5.74, 6) is 1.06. The number of benzene rings is 1. The molecule has 0 radical (unpaired) electrons. The van der Waals surface area contributed by atoms with Crippen LogP contribution in [0.3, 0.4) is 0 Å². The first-order chi connectivity index (χ1) is 14.9. The number of carbonyl (C=O) groups is 2. The summed E-state index contributed by atoms with van der Waals surface area (Å²) in [5, 5.41) is 1.95. The van der Waals surface area contributed by atoms with Gasteiger partial charge in [0.15, 0.2) is 11.5 Å². The maximum Gasteiger partial charge on any atom is 0.266 e. The Balaban J connectivity index is 1.52. The molecule has 0 saturated carbocycles. The summed E-state index contributed by atoms with van der Waals surface area (Å²) in [7, 11) is 5.22. The van der Waals surface area contributed by atoms with Crippen LogP contribution in [0, 0.1) is 0 Å². The highest BCUT2D eigenvalue weighted by Gasteiger charge is 2.31. The minimum atomic E-state index is -0.135. The van der Waals surface area contributed by atoms with Gasteiger partial charge in [0, 0.05) is 39.1 Å².